The average Bonchev–Trinajstić information content (AvgIpc) is 3.23. The first-order valence-electron chi connectivity index (χ1n) is 11.4. The predicted octanol–water partition coefficient (Wildman–Crippen LogP) is 3.83. The molecule has 3 aromatic rings. The summed E-state index contributed by atoms with van der Waals surface area (Å²) in [6.45, 7) is 0.285. The molecule has 1 aliphatic rings. The van der Waals surface area contributed by atoms with Gasteiger partial charge in [-0.05, 0) is 61.6 Å². The van der Waals surface area contributed by atoms with Crippen molar-refractivity contribution in [1.29, 1.82) is 0 Å². The Morgan fingerprint density at radius 1 is 1.15 bits per heavy atom. The number of carbonyl (C=O) groups is 2. The number of nitrogens with one attached hydrogen (secondary N) is 1. The number of ether oxygens (including phenoxy) is 1. The van der Waals surface area contributed by atoms with Gasteiger partial charge in [0, 0.05) is 18.7 Å². The molecule has 0 bridgehead atoms. The van der Waals surface area contributed by atoms with Crippen LogP contribution in [-0.2, 0) is 23.2 Å². The molecule has 1 heterocycles. The number of carbonyl (C=O) groups excluding carboxylic acids is 1. The molecule has 34 heavy (non-hydrogen) atoms. The number of benzene rings is 2. The average molecular weight is 461 g/mol. The Morgan fingerprint density at radius 2 is 1.91 bits per heavy atom. The Labute approximate surface area is 198 Å². The van der Waals surface area contributed by atoms with Gasteiger partial charge < -0.3 is 15.2 Å². The molecule has 8 heteroatoms. The molecule has 0 unspecified atom stereocenters. The molecule has 1 amide bonds. The summed E-state index contributed by atoms with van der Waals surface area (Å²) < 4.78 is 7.68. The predicted molar refractivity (Wildman–Crippen MR) is 128 cm³/mol. The highest BCUT2D eigenvalue weighted by Crippen LogP contribution is 2.29. The minimum absolute atomic E-state index is 0.0908. The topological polar surface area (TPSA) is 106 Å². The fourth-order valence-electron chi connectivity index (χ4n) is 4.13. The normalized spacial score (nSPS) is 18.0. The summed E-state index contributed by atoms with van der Waals surface area (Å²) in [5.74, 6) is -0.587. The summed E-state index contributed by atoms with van der Waals surface area (Å²) in [5, 5.41) is 20.5. The lowest BCUT2D eigenvalue weighted by molar-refractivity contribution is -0.143. The Kier molecular flexibility index (Phi) is 7.37. The van der Waals surface area contributed by atoms with Crippen LogP contribution in [0.4, 0.5) is 0 Å². The van der Waals surface area contributed by atoms with Gasteiger partial charge in [-0.15, -0.1) is 5.10 Å². The molecule has 0 saturated heterocycles. The van der Waals surface area contributed by atoms with E-state index in [2.05, 4.69) is 15.6 Å². The van der Waals surface area contributed by atoms with Gasteiger partial charge in [-0.25, -0.2) is 4.68 Å². The van der Waals surface area contributed by atoms with Gasteiger partial charge >= 0.3 is 5.97 Å². The molecule has 2 N–H and O–H groups in total. The maximum Gasteiger partial charge on any atom is 0.306 e. The van der Waals surface area contributed by atoms with Crippen molar-refractivity contribution < 1.29 is 19.4 Å². The standard InChI is InChI=1S/C26H28N4O4/c1-30-23(17-27-24(31)15-10-18-6-3-2-4-7-18)25(28-29-30)19-11-13-21(14-12-19)34-22-9-5-8-20(16-22)26(32)33/h2-4,6-7,10-15,20,22H,5,8-9,16-17H2,1H3,(H,27,31)(H,32,33)/b15-10+/t20-,22-/m0/s1. The molecule has 1 aromatic heterocycles. The lowest BCUT2D eigenvalue weighted by atomic mass is 9.87. The molecule has 0 aliphatic heterocycles. The third kappa shape index (κ3) is 5.89. The number of hydrogen-bond donors (Lipinski definition) is 2. The van der Waals surface area contributed by atoms with Crippen molar-refractivity contribution in [3.05, 3.63) is 71.9 Å². The van der Waals surface area contributed by atoms with Gasteiger partial charge in [0.25, 0.3) is 0 Å². The zero-order chi connectivity index (χ0) is 23.9. The maximum absolute atomic E-state index is 12.3. The summed E-state index contributed by atoms with van der Waals surface area (Å²) in [6, 6.07) is 17.1. The quantitative estimate of drug-likeness (QED) is 0.495. The molecule has 8 nitrogen and oxygen atoms in total. The molecule has 1 aliphatic carbocycles. The summed E-state index contributed by atoms with van der Waals surface area (Å²) >= 11 is 0. The molecule has 0 radical (unpaired) electrons. The van der Waals surface area contributed by atoms with Crippen LogP contribution in [0.1, 0.15) is 36.9 Å². The van der Waals surface area contributed by atoms with E-state index in [0.717, 1.165) is 29.7 Å². The number of aryl methyl sites for hydroxylation is 1. The summed E-state index contributed by atoms with van der Waals surface area (Å²) in [7, 11) is 1.79. The fraction of sp³-hybridized carbons (Fsp3) is 0.308. The van der Waals surface area contributed by atoms with Crippen LogP contribution in [0, 0.1) is 5.92 Å². The van der Waals surface area contributed by atoms with Gasteiger partial charge in [0.1, 0.15) is 11.4 Å². The molecule has 1 saturated carbocycles. The van der Waals surface area contributed by atoms with E-state index in [9.17, 15) is 14.7 Å². The van der Waals surface area contributed by atoms with Gasteiger partial charge in [0.2, 0.25) is 5.91 Å². The molecule has 1 fully saturated rings. The van der Waals surface area contributed by atoms with Gasteiger partial charge in [0.05, 0.1) is 24.3 Å². The van der Waals surface area contributed by atoms with Crippen LogP contribution in [0.2, 0.25) is 0 Å². The van der Waals surface area contributed by atoms with Crippen molar-refractivity contribution in [2.24, 2.45) is 13.0 Å². The van der Waals surface area contributed by atoms with Crippen molar-refractivity contribution >= 4 is 18.0 Å². The second kappa shape index (κ2) is 10.8. The highest BCUT2D eigenvalue weighted by molar-refractivity contribution is 5.91. The van der Waals surface area contributed by atoms with Crippen LogP contribution < -0.4 is 10.1 Å². The number of rotatable bonds is 8. The Bertz CT molecular complexity index is 1160. The third-order valence-corrected chi connectivity index (χ3v) is 6.01. The van der Waals surface area contributed by atoms with E-state index in [1.54, 1.807) is 17.8 Å². The van der Waals surface area contributed by atoms with Crippen LogP contribution >= 0.6 is 0 Å². The smallest absolute Gasteiger partial charge is 0.306 e. The Hall–Kier alpha value is -3.94. The van der Waals surface area contributed by atoms with Crippen molar-refractivity contribution in [2.45, 2.75) is 38.3 Å². The zero-order valence-corrected chi connectivity index (χ0v) is 19.1. The highest BCUT2D eigenvalue weighted by Gasteiger charge is 2.28. The molecule has 4 rings (SSSR count). The van der Waals surface area contributed by atoms with Gasteiger partial charge in [-0.3, -0.25) is 9.59 Å². The minimum Gasteiger partial charge on any atom is -0.490 e. The van der Waals surface area contributed by atoms with E-state index in [-0.39, 0.29) is 24.5 Å². The summed E-state index contributed by atoms with van der Waals surface area (Å²) in [4.78, 5) is 23.6. The van der Waals surface area contributed by atoms with Crippen LogP contribution in [-0.4, -0.2) is 38.1 Å². The van der Waals surface area contributed by atoms with Crippen LogP contribution in [0.5, 0.6) is 5.75 Å². The monoisotopic (exact) mass is 460 g/mol. The van der Waals surface area contributed by atoms with E-state index in [1.807, 2.05) is 54.6 Å². The van der Waals surface area contributed by atoms with E-state index >= 15 is 0 Å². The van der Waals surface area contributed by atoms with Gasteiger partial charge in [-0.1, -0.05) is 35.5 Å². The fourth-order valence-corrected chi connectivity index (χ4v) is 4.13. The second-order valence-corrected chi connectivity index (χ2v) is 8.44. The largest absolute Gasteiger partial charge is 0.490 e. The van der Waals surface area contributed by atoms with E-state index in [0.29, 0.717) is 24.3 Å². The number of carboxylic acids is 1. The van der Waals surface area contributed by atoms with Crippen LogP contribution in [0.25, 0.3) is 17.3 Å². The minimum atomic E-state index is -0.749. The lowest BCUT2D eigenvalue weighted by Gasteiger charge is -2.27. The number of amides is 1. The van der Waals surface area contributed by atoms with Crippen molar-refractivity contribution in [2.75, 3.05) is 0 Å². The van der Waals surface area contributed by atoms with Crippen molar-refractivity contribution in [1.82, 2.24) is 20.3 Å². The number of nitrogens with zero attached hydrogens (tertiary/aromatic N) is 3. The van der Waals surface area contributed by atoms with Gasteiger partial charge in [-0.2, -0.15) is 0 Å². The van der Waals surface area contributed by atoms with E-state index in [4.69, 9.17) is 4.74 Å². The maximum atomic E-state index is 12.3. The number of hydrogen-bond acceptors (Lipinski definition) is 5. The van der Waals surface area contributed by atoms with Crippen molar-refractivity contribution in [3.63, 3.8) is 0 Å². The van der Waals surface area contributed by atoms with Crippen LogP contribution in [0.15, 0.2) is 60.7 Å². The molecule has 176 valence electrons. The van der Waals surface area contributed by atoms with E-state index < -0.39 is 5.97 Å². The molecule has 2 atom stereocenters. The summed E-state index contributed by atoms with van der Waals surface area (Å²) in [5.41, 5.74) is 3.28. The van der Waals surface area contributed by atoms with Crippen LogP contribution in [0.3, 0.4) is 0 Å². The van der Waals surface area contributed by atoms with Gasteiger partial charge in [0.15, 0.2) is 0 Å². The first-order chi connectivity index (χ1) is 16.5. The number of carboxylic acid groups (broad SMARTS) is 1. The van der Waals surface area contributed by atoms with E-state index in [1.165, 1.54) is 6.08 Å². The highest BCUT2D eigenvalue weighted by atomic mass is 16.5. The molecular weight excluding hydrogens is 432 g/mol. The first-order valence-corrected chi connectivity index (χ1v) is 11.4. The number of aromatic nitrogens is 3. The first kappa shape index (κ1) is 23.2. The number of aliphatic carboxylic acids is 1. The van der Waals surface area contributed by atoms with Crippen molar-refractivity contribution in [3.8, 4) is 17.0 Å². The lowest BCUT2D eigenvalue weighted by Crippen LogP contribution is -2.29. The SMILES string of the molecule is Cn1nnc(-c2ccc(O[C@H]3CCC[C@H](C(=O)O)C3)cc2)c1CNC(=O)/C=C/c1ccccc1. The molecular formula is C26H28N4O4. The zero-order valence-electron chi connectivity index (χ0n) is 19.1. The summed E-state index contributed by atoms with van der Waals surface area (Å²) in [6.07, 6.45) is 6.14. The molecule has 2 aromatic carbocycles. The Balaban J connectivity index is 1.38. The Morgan fingerprint density at radius 3 is 2.65 bits per heavy atom. The third-order valence-electron chi connectivity index (χ3n) is 6.01. The second-order valence-electron chi connectivity index (χ2n) is 8.44. The molecule has 0 spiro atoms.